The van der Waals surface area contributed by atoms with Crippen LogP contribution in [-0.2, 0) is 12.8 Å². The van der Waals surface area contributed by atoms with E-state index in [1.165, 1.54) is 0 Å². The van der Waals surface area contributed by atoms with Gasteiger partial charge in [0.15, 0.2) is 5.82 Å². The van der Waals surface area contributed by atoms with Crippen LogP contribution in [0, 0.1) is 6.92 Å². The highest BCUT2D eigenvalue weighted by atomic mass is 16.5. The van der Waals surface area contributed by atoms with Crippen molar-refractivity contribution in [3.05, 3.63) is 111 Å². The van der Waals surface area contributed by atoms with Crippen LogP contribution in [0.2, 0.25) is 0 Å². The summed E-state index contributed by atoms with van der Waals surface area (Å²) < 4.78 is 6.24. The van der Waals surface area contributed by atoms with E-state index >= 15 is 0 Å². The van der Waals surface area contributed by atoms with Crippen LogP contribution in [0.3, 0.4) is 0 Å². The maximum absolute atomic E-state index is 13.7. The Balaban J connectivity index is 1.51. The van der Waals surface area contributed by atoms with Crippen molar-refractivity contribution in [2.24, 2.45) is 0 Å². The highest BCUT2D eigenvalue weighted by Gasteiger charge is 2.18. The van der Waals surface area contributed by atoms with Crippen LogP contribution in [0.25, 0.3) is 28.5 Å². The van der Waals surface area contributed by atoms with Gasteiger partial charge in [0.25, 0.3) is 5.56 Å². The van der Waals surface area contributed by atoms with Crippen molar-refractivity contribution in [2.75, 3.05) is 0 Å². The number of H-pyrrole nitrogens is 1. The molecule has 0 aliphatic heterocycles. The third kappa shape index (κ3) is 5.02. The van der Waals surface area contributed by atoms with E-state index in [4.69, 9.17) is 4.98 Å². The summed E-state index contributed by atoms with van der Waals surface area (Å²) in [6.07, 6.45) is 6.54. The van der Waals surface area contributed by atoms with Crippen LogP contribution in [0.1, 0.15) is 42.4 Å². The Morgan fingerprint density at radius 3 is 2.46 bits per heavy atom. The van der Waals surface area contributed by atoms with Gasteiger partial charge in [-0.25, -0.2) is 19.3 Å². The number of nitrogens with zero attached hydrogens (tertiary/aromatic N) is 5. The highest BCUT2D eigenvalue weighted by Crippen LogP contribution is 2.28. The average Bonchev–Trinajstić information content (AvgIpc) is 3.36. The van der Waals surface area contributed by atoms with Crippen molar-refractivity contribution in [1.29, 1.82) is 0 Å². The number of rotatable bonds is 8. The Kier molecular flexibility index (Phi) is 6.85. The zero-order valence-electron chi connectivity index (χ0n) is 20.6. The zero-order valence-corrected chi connectivity index (χ0v) is 20.6. The van der Waals surface area contributed by atoms with E-state index in [2.05, 4.69) is 31.6 Å². The Hall–Kier alpha value is -4.66. The number of aromatic nitrogens is 6. The monoisotopic (exact) mass is 494 g/mol. The molecular weight excluding hydrogens is 468 g/mol. The molecule has 9 heteroatoms. The quantitative estimate of drug-likeness (QED) is 0.342. The molecule has 0 bridgehead atoms. The molecule has 0 radical (unpaired) electrons. The van der Waals surface area contributed by atoms with E-state index in [9.17, 15) is 9.59 Å². The fourth-order valence-corrected chi connectivity index (χ4v) is 4.35. The molecule has 0 saturated heterocycles. The van der Waals surface area contributed by atoms with E-state index < -0.39 is 5.76 Å². The number of aromatic amines is 1. The second-order valence-corrected chi connectivity index (χ2v) is 8.73. The average molecular weight is 495 g/mol. The molecule has 37 heavy (non-hydrogen) atoms. The number of unbranched alkanes of at least 4 members (excludes halogenated alkanes) is 1. The van der Waals surface area contributed by atoms with Crippen LogP contribution < -0.4 is 11.3 Å². The molecule has 0 saturated carbocycles. The van der Waals surface area contributed by atoms with E-state index in [0.29, 0.717) is 40.7 Å². The van der Waals surface area contributed by atoms with Crippen LogP contribution >= 0.6 is 0 Å². The minimum atomic E-state index is -0.616. The first-order chi connectivity index (χ1) is 18.0. The van der Waals surface area contributed by atoms with Gasteiger partial charge in [0.1, 0.15) is 11.6 Å². The number of hydrogen-bond donors (Lipinski definition) is 1. The van der Waals surface area contributed by atoms with Crippen LogP contribution in [0.15, 0.2) is 81.1 Å². The highest BCUT2D eigenvalue weighted by molar-refractivity contribution is 5.78. The number of nitrogens with one attached hydrogen (secondary N) is 1. The predicted octanol–water partition coefficient (Wildman–Crippen LogP) is 4.27. The molecule has 0 amide bonds. The maximum atomic E-state index is 13.7. The van der Waals surface area contributed by atoms with Crippen molar-refractivity contribution in [3.63, 3.8) is 0 Å². The Morgan fingerprint density at radius 2 is 1.78 bits per heavy atom. The molecule has 0 fully saturated rings. The Morgan fingerprint density at radius 1 is 0.973 bits per heavy atom. The predicted molar refractivity (Wildman–Crippen MR) is 140 cm³/mol. The van der Waals surface area contributed by atoms with Gasteiger partial charge in [-0.2, -0.15) is 0 Å². The van der Waals surface area contributed by atoms with Crippen molar-refractivity contribution in [1.82, 2.24) is 29.7 Å². The molecule has 0 aliphatic carbocycles. The summed E-state index contributed by atoms with van der Waals surface area (Å²) >= 11 is 0. The van der Waals surface area contributed by atoms with Gasteiger partial charge in [-0.1, -0.05) is 54.9 Å². The molecule has 0 unspecified atom stereocenters. The van der Waals surface area contributed by atoms with Gasteiger partial charge < -0.3 is 0 Å². The summed E-state index contributed by atoms with van der Waals surface area (Å²) in [5, 5.41) is 3.81. The minimum Gasteiger partial charge on any atom is -0.296 e. The van der Waals surface area contributed by atoms with Gasteiger partial charge in [0, 0.05) is 35.5 Å². The first kappa shape index (κ1) is 24.1. The molecule has 0 spiro atoms. The van der Waals surface area contributed by atoms with E-state index in [-0.39, 0.29) is 5.56 Å². The molecule has 186 valence electrons. The molecule has 0 atom stereocenters. The lowest BCUT2D eigenvalue weighted by atomic mass is 10.0. The van der Waals surface area contributed by atoms with Crippen molar-refractivity contribution < 1.29 is 4.52 Å². The normalized spacial score (nSPS) is 11.1. The second kappa shape index (κ2) is 10.5. The number of benzene rings is 1. The van der Waals surface area contributed by atoms with Crippen LogP contribution in [-0.4, -0.2) is 29.7 Å². The third-order valence-electron chi connectivity index (χ3n) is 6.18. The topological polar surface area (TPSA) is 120 Å². The van der Waals surface area contributed by atoms with Gasteiger partial charge in [-0.05, 0) is 43.5 Å². The third-order valence-corrected chi connectivity index (χ3v) is 6.18. The van der Waals surface area contributed by atoms with Gasteiger partial charge >= 0.3 is 5.76 Å². The zero-order chi connectivity index (χ0) is 25.8. The summed E-state index contributed by atoms with van der Waals surface area (Å²) in [5.74, 6) is 0.897. The van der Waals surface area contributed by atoms with Crippen molar-refractivity contribution >= 4 is 0 Å². The molecule has 4 aromatic heterocycles. The molecule has 0 aliphatic rings. The molecular formula is C28H26N6O3. The molecule has 5 aromatic rings. The lowest BCUT2D eigenvalue weighted by Gasteiger charge is -2.15. The second-order valence-electron chi connectivity index (χ2n) is 8.73. The summed E-state index contributed by atoms with van der Waals surface area (Å²) in [5.41, 5.74) is 4.47. The van der Waals surface area contributed by atoms with Crippen LogP contribution in [0.5, 0.6) is 0 Å². The SMILES string of the molecule is CCCCc1nc(C)n(-c2ccccn2)c(=O)c1Cc1ccc(-c2ccccc2-c2noc(=O)[nH]2)nc1. The number of pyridine rings is 2. The number of aryl methyl sites for hydroxylation is 2. The lowest BCUT2D eigenvalue weighted by Crippen LogP contribution is -2.29. The first-order valence-electron chi connectivity index (χ1n) is 12.2. The maximum Gasteiger partial charge on any atom is 0.439 e. The van der Waals surface area contributed by atoms with Crippen molar-refractivity contribution in [3.8, 4) is 28.5 Å². The summed E-state index contributed by atoms with van der Waals surface area (Å²) in [6.45, 7) is 3.96. The van der Waals surface area contributed by atoms with Crippen LogP contribution in [0.4, 0.5) is 0 Å². The van der Waals surface area contributed by atoms with E-state index in [1.54, 1.807) is 17.0 Å². The Labute approximate surface area is 212 Å². The first-order valence-corrected chi connectivity index (χ1v) is 12.2. The molecule has 1 aromatic carbocycles. The fourth-order valence-electron chi connectivity index (χ4n) is 4.35. The molecule has 1 N–H and O–H groups in total. The Bertz CT molecular complexity index is 1640. The van der Waals surface area contributed by atoms with Gasteiger partial charge in [0.2, 0.25) is 0 Å². The van der Waals surface area contributed by atoms with E-state index in [1.807, 2.05) is 61.5 Å². The number of hydrogen-bond acceptors (Lipinski definition) is 7. The summed E-state index contributed by atoms with van der Waals surface area (Å²) in [6, 6.07) is 16.8. The van der Waals surface area contributed by atoms with Gasteiger partial charge in [-0.15, -0.1) is 0 Å². The molecule has 9 nitrogen and oxygen atoms in total. The molecule has 5 rings (SSSR count). The molecule has 4 heterocycles. The smallest absolute Gasteiger partial charge is 0.296 e. The van der Waals surface area contributed by atoms with E-state index in [0.717, 1.165) is 36.1 Å². The van der Waals surface area contributed by atoms with Gasteiger partial charge in [-0.3, -0.25) is 19.3 Å². The van der Waals surface area contributed by atoms with Gasteiger partial charge in [0.05, 0.1) is 11.4 Å². The minimum absolute atomic E-state index is 0.110. The largest absolute Gasteiger partial charge is 0.439 e. The fraction of sp³-hybridized carbons (Fsp3) is 0.214. The lowest BCUT2D eigenvalue weighted by molar-refractivity contribution is 0.388. The van der Waals surface area contributed by atoms with Crippen molar-refractivity contribution in [2.45, 2.75) is 39.5 Å². The summed E-state index contributed by atoms with van der Waals surface area (Å²) in [7, 11) is 0. The standard InChI is InChI=1S/C28H26N6O3/c1-3-4-11-24-22(27(35)34(18(2)31-24)25-12-7-8-15-29-25)16-19-13-14-23(30-17-19)20-9-5-6-10-21(20)26-32-28(36)37-33-26/h5-10,12-15,17H,3-4,11,16H2,1-2H3,(H,32,33,36). The summed E-state index contributed by atoms with van der Waals surface area (Å²) in [4.78, 5) is 41.6.